The fourth-order valence-corrected chi connectivity index (χ4v) is 2.49. The van der Waals surface area contributed by atoms with E-state index in [1.54, 1.807) is 0 Å². The van der Waals surface area contributed by atoms with Gasteiger partial charge in [0.25, 0.3) is 0 Å². The third kappa shape index (κ3) is 2.77. The number of likely N-dealkylation sites (N-methyl/N-ethyl adjacent to an activating group) is 1. The number of rotatable bonds is 2. The van der Waals surface area contributed by atoms with Crippen LogP contribution < -0.4 is 5.32 Å². The SMILES string of the molecule is CC1CC(Nc2cc(Br)c(F)cc2F)CN1C. The molecular formula is C12H15BrF2N2. The molecule has 94 valence electrons. The van der Waals surface area contributed by atoms with E-state index >= 15 is 0 Å². The highest BCUT2D eigenvalue weighted by molar-refractivity contribution is 9.10. The molecule has 0 bridgehead atoms. The van der Waals surface area contributed by atoms with Gasteiger partial charge in [-0.25, -0.2) is 8.78 Å². The normalized spacial score (nSPS) is 25.2. The molecule has 0 radical (unpaired) electrons. The van der Waals surface area contributed by atoms with Gasteiger partial charge in [0.2, 0.25) is 0 Å². The van der Waals surface area contributed by atoms with Crippen molar-refractivity contribution in [1.82, 2.24) is 4.90 Å². The number of halogens is 3. The molecule has 2 atom stereocenters. The molecule has 2 rings (SSSR count). The first-order valence-electron chi connectivity index (χ1n) is 5.58. The van der Waals surface area contributed by atoms with Crippen LogP contribution in [0.4, 0.5) is 14.5 Å². The van der Waals surface area contributed by atoms with Crippen molar-refractivity contribution in [2.45, 2.75) is 25.4 Å². The van der Waals surface area contributed by atoms with Crippen LogP contribution in [-0.4, -0.2) is 30.6 Å². The first-order valence-corrected chi connectivity index (χ1v) is 6.38. The fourth-order valence-electron chi connectivity index (χ4n) is 2.15. The van der Waals surface area contributed by atoms with E-state index in [1.165, 1.54) is 6.07 Å². The maximum absolute atomic E-state index is 13.5. The summed E-state index contributed by atoms with van der Waals surface area (Å²) < 4.78 is 26.9. The van der Waals surface area contributed by atoms with Crippen LogP contribution in [0.3, 0.4) is 0 Å². The largest absolute Gasteiger partial charge is 0.379 e. The maximum Gasteiger partial charge on any atom is 0.149 e. The van der Waals surface area contributed by atoms with Crippen molar-refractivity contribution in [1.29, 1.82) is 0 Å². The lowest BCUT2D eigenvalue weighted by Gasteiger charge is -2.15. The lowest BCUT2D eigenvalue weighted by atomic mass is 10.2. The van der Waals surface area contributed by atoms with Crippen molar-refractivity contribution in [2.24, 2.45) is 0 Å². The van der Waals surface area contributed by atoms with Crippen LogP contribution in [-0.2, 0) is 0 Å². The first-order chi connectivity index (χ1) is 7.97. The second kappa shape index (κ2) is 4.90. The molecule has 1 saturated heterocycles. The van der Waals surface area contributed by atoms with Crippen molar-refractivity contribution in [3.05, 3.63) is 28.2 Å². The predicted molar refractivity (Wildman–Crippen MR) is 68.2 cm³/mol. The summed E-state index contributed by atoms with van der Waals surface area (Å²) in [7, 11) is 2.04. The van der Waals surface area contributed by atoms with Crippen LogP contribution in [0.2, 0.25) is 0 Å². The van der Waals surface area contributed by atoms with Crippen LogP contribution in [0.1, 0.15) is 13.3 Å². The topological polar surface area (TPSA) is 15.3 Å². The summed E-state index contributed by atoms with van der Waals surface area (Å²) >= 11 is 3.06. The quantitative estimate of drug-likeness (QED) is 0.844. The number of anilines is 1. The van der Waals surface area contributed by atoms with E-state index in [-0.39, 0.29) is 10.5 Å². The smallest absolute Gasteiger partial charge is 0.149 e. The Morgan fingerprint density at radius 2 is 2.06 bits per heavy atom. The second-order valence-corrected chi connectivity index (χ2v) is 5.47. The number of hydrogen-bond donors (Lipinski definition) is 1. The summed E-state index contributed by atoms with van der Waals surface area (Å²) in [6.45, 7) is 3.01. The van der Waals surface area contributed by atoms with E-state index in [1.807, 2.05) is 7.05 Å². The molecule has 1 heterocycles. The molecule has 0 spiro atoms. The van der Waals surface area contributed by atoms with Gasteiger partial charge in [-0.15, -0.1) is 0 Å². The highest BCUT2D eigenvalue weighted by atomic mass is 79.9. The zero-order valence-corrected chi connectivity index (χ0v) is 11.4. The van der Waals surface area contributed by atoms with Crippen LogP contribution in [0, 0.1) is 11.6 Å². The number of nitrogens with one attached hydrogen (secondary N) is 1. The number of nitrogens with zero attached hydrogens (tertiary/aromatic N) is 1. The minimum Gasteiger partial charge on any atom is -0.379 e. The number of hydrogen-bond acceptors (Lipinski definition) is 2. The Balaban J connectivity index is 2.12. The summed E-state index contributed by atoms with van der Waals surface area (Å²) in [5.74, 6) is -1.13. The lowest BCUT2D eigenvalue weighted by molar-refractivity contribution is 0.330. The first kappa shape index (κ1) is 12.8. The van der Waals surface area contributed by atoms with Gasteiger partial charge in [0, 0.05) is 24.7 Å². The molecule has 0 amide bonds. The maximum atomic E-state index is 13.5. The number of likely N-dealkylation sites (tertiary alicyclic amines) is 1. The van der Waals surface area contributed by atoms with Crippen LogP contribution in [0.5, 0.6) is 0 Å². The second-order valence-electron chi connectivity index (χ2n) is 4.61. The lowest BCUT2D eigenvalue weighted by Crippen LogP contribution is -2.25. The Kier molecular flexibility index (Phi) is 3.68. The van der Waals surface area contributed by atoms with Crippen LogP contribution in [0.15, 0.2) is 16.6 Å². The van der Waals surface area contributed by atoms with Gasteiger partial charge in [-0.3, -0.25) is 0 Å². The van der Waals surface area contributed by atoms with Crippen molar-refractivity contribution >= 4 is 21.6 Å². The zero-order chi connectivity index (χ0) is 12.6. The monoisotopic (exact) mass is 304 g/mol. The minimum atomic E-state index is -0.579. The summed E-state index contributed by atoms with van der Waals surface area (Å²) in [4.78, 5) is 2.22. The molecule has 1 N–H and O–H groups in total. The van der Waals surface area contributed by atoms with Gasteiger partial charge < -0.3 is 10.2 Å². The Labute approximate surface area is 108 Å². The van der Waals surface area contributed by atoms with E-state index in [0.717, 1.165) is 19.0 Å². The van der Waals surface area contributed by atoms with Crippen LogP contribution >= 0.6 is 15.9 Å². The van der Waals surface area contributed by atoms with Crippen molar-refractivity contribution < 1.29 is 8.78 Å². The Bertz CT molecular complexity index is 415. The standard InChI is InChI=1S/C12H15BrF2N2/c1-7-3-8(6-17(7)2)16-12-4-9(13)10(14)5-11(12)15/h4-5,7-8,16H,3,6H2,1-2H3. The molecule has 2 unspecified atom stereocenters. The average Bonchev–Trinajstić information content (AvgIpc) is 2.55. The molecule has 0 saturated carbocycles. The van der Waals surface area contributed by atoms with Crippen molar-refractivity contribution in [2.75, 3.05) is 18.9 Å². The molecule has 0 aromatic heterocycles. The molecule has 1 aromatic rings. The van der Waals surface area contributed by atoms with E-state index in [2.05, 4.69) is 33.1 Å². The van der Waals surface area contributed by atoms with E-state index in [4.69, 9.17) is 0 Å². The molecule has 0 aliphatic carbocycles. The molecule has 1 aliphatic rings. The van der Waals surface area contributed by atoms with Crippen molar-refractivity contribution in [3.63, 3.8) is 0 Å². The molecule has 1 fully saturated rings. The van der Waals surface area contributed by atoms with Gasteiger partial charge in [0.1, 0.15) is 11.6 Å². The summed E-state index contributed by atoms with van der Waals surface area (Å²) in [6, 6.07) is 3.05. The molecule has 17 heavy (non-hydrogen) atoms. The number of benzene rings is 1. The molecule has 1 aliphatic heterocycles. The van der Waals surface area contributed by atoms with Gasteiger partial charge in [0.05, 0.1) is 10.2 Å². The van der Waals surface area contributed by atoms with E-state index in [9.17, 15) is 8.78 Å². The molecule has 5 heteroatoms. The fraction of sp³-hybridized carbons (Fsp3) is 0.500. The predicted octanol–water partition coefficient (Wildman–Crippen LogP) is 3.23. The Hall–Kier alpha value is -0.680. The van der Waals surface area contributed by atoms with E-state index in [0.29, 0.717) is 11.7 Å². The van der Waals surface area contributed by atoms with Gasteiger partial charge in [-0.05, 0) is 42.4 Å². The average molecular weight is 305 g/mol. The summed E-state index contributed by atoms with van der Waals surface area (Å²) in [6.07, 6.45) is 0.963. The Morgan fingerprint density at radius 3 is 2.65 bits per heavy atom. The summed E-state index contributed by atoms with van der Waals surface area (Å²) in [5.41, 5.74) is 0.353. The van der Waals surface area contributed by atoms with Crippen LogP contribution in [0.25, 0.3) is 0 Å². The van der Waals surface area contributed by atoms with Gasteiger partial charge in [0.15, 0.2) is 0 Å². The molecule has 1 aromatic carbocycles. The van der Waals surface area contributed by atoms with Gasteiger partial charge in [-0.2, -0.15) is 0 Å². The minimum absolute atomic E-state index is 0.210. The highest BCUT2D eigenvalue weighted by Crippen LogP contribution is 2.26. The zero-order valence-electron chi connectivity index (χ0n) is 9.80. The van der Waals surface area contributed by atoms with Crippen molar-refractivity contribution in [3.8, 4) is 0 Å². The highest BCUT2D eigenvalue weighted by Gasteiger charge is 2.26. The van der Waals surface area contributed by atoms with Gasteiger partial charge in [-0.1, -0.05) is 0 Å². The summed E-state index contributed by atoms with van der Waals surface area (Å²) in [5, 5.41) is 3.12. The Morgan fingerprint density at radius 1 is 1.35 bits per heavy atom. The molecule has 2 nitrogen and oxygen atoms in total. The van der Waals surface area contributed by atoms with E-state index < -0.39 is 11.6 Å². The third-order valence-electron chi connectivity index (χ3n) is 3.26. The van der Waals surface area contributed by atoms with Gasteiger partial charge >= 0.3 is 0 Å². The third-order valence-corrected chi connectivity index (χ3v) is 3.86. The molecular weight excluding hydrogens is 290 g/mol.